The van der Waals surface area contributed by atoms with Crippen molar-refractivity contribution in [2.75, 3.05) is 7.11 Å². The van der Waals surface area contributed by atoms with Crippen LogP contribution in [0.25, 0.3) is 6.08 Å². The first-order valence-electron chi connectivity index (χ1n) is 7.76. The standard InChI is InChI=1S/C19H15FN2O4/c1-26-16-5-3-2-4-13(16)10-15-17(23)21-19(25)22(18(15)24)11-12-6-8-14(20)9-7-12/h2-10H,11H2,1H3,(H,21,23,25)/b15-10-. The fraction of sp³-hybridized carbons (Fsp3) is 0.105. The van der Waals surface area contributed by atoms with Crippen LogP contribution in [0.4, 0.5) is 9.18 Å². The van der Waals surface area contributed by atoms with E-state index in [0.29, 0.717) is 16.9 Å². The van der Waals surface area contributed by atoms with Gasteiger partial charge in [-0.3, -0.25) is 19.8 Å². The lowest BCUT2D eigenvalue weighted by atomic mass is 10.1. The molecule has 0 atom stereocenters. The molecule has 0 bridgehead atoms. The highest BCUT2D eigenvalue weighted by atomic mass is 19.1. The number of methoxy groups -OCH3 is 1. The van der Waals surface area contributed by atoms with Crippen molar-refractivity contribution in [2.45, 2.75) is 6.54 Å². The van der Waals surface area contributed by atoms with Crippen LogP contribution in [0, 0.1) is 5.82 Å². The average molecular weight is 354 g/mol. The summed E-state index contributed by atoms with van der Waals surface area (Å²) in [5, 5.41) is 2.14. The highest BCUT2D eigenvalue weighted by Gasteiger charge is 2.35. The van der Waals surface area contributed by atoms with Crippen LogP contribution in [-0.4, -0.2) is 29.9 Å². The third-order valence-electron chi connectivity index (χ3n) is 3.88. The van der Waals surface area contributed by atoms with E-state index in [1.54, 1.807) is 24.3 Å². The van der Waals surface area contributed by atoms with E-state index >= 15 is 0 Å². The van der Waals surface area contributed by atoms with Gasteiger partial charge in [0.15, 0.2) is 0 Å². The minimum Gasteiger partial charge on any atom is -0.496 e. The van der Waals surface area contributed by atoms with E-state index in [0.717, 1.165) is 4.90 Å². The smallest absolute Gasteiger partial charge is 0.331 e. The number of halogens is 1. The van der Waals surface area contributed by atoms with Crippen LogP contribution in [0.3, 0.4) is 0 Å². The molecular formula is C19H15FN2O4. The third-order valence-corrected chi connectivity index (χ3v) is 3.88. The van der Waals surface area contributed by atoms with Crippen LogP contribution >= 0.6 is 0 Å². The predicted octanol–water partition coefficient (Wildman–Crippen LogP) is 2.50. The molecule has 132 valence electrons. The van der Waals surface area contributed by atoms with Crippen molar-refractivity contribution >= 4 is 23.9 Å². The van der Waals surface area contributed by atoms with Gasteiger partial charge < -0.3 is 4.74 Å². The number of hydrogen-bond donors (Lipinski definition) is 1. The molecular weight excluding hydrogens is 339 g/mol. The largest absolute Gasteiger partial charge is 0.496 e. The molecule has 26 heavy (non-hydrogen) atoms. The number of urea groups is 1. The highest BCUT2D eigenvalue weighted by molar-refractivity contribution is 6.31. The zero-order valence-corrected chi connectivity index (χ0v) is 13.9. The first-order valence-corrected chi connectivity index (χ1v) is 7.76. The van der Waals surface area contributed by atoms with Gasteiger partial charge in [-0.05, 0) is 29.8 Å². The fourth-order valence-corrected chi connectivity index (χ4v) is 2.55. The summed E-state index contributed by atoms with van der Waals surface area (Å²) in [5.74, 6) is -1.44. The normalized spacial score (nSPS) is 16.0. The molecule has 1 aliphatic rings. The molecule has 0 unspecified atom stereocenters. The van der Waals surface area contributed by atoms with E-state index in [9.17, 15) is 18.8 Å². The van der Waals surface area contributed by atoms with Crippen molar-refractivity contribution < 1.29 is 23.5 Å². The SMILES string of the molecule is COc1ccccc1/C=C1/C(=O)NC(=O)N(Cc2ccc(F)cc2)C1=O. The Balaban J connectivity index is 1.92. The number of hydrogen-bond acceptors (Lipinski definition) is 4. The van der Waals surface area contributed by atoms with Gasteiger partial charge in [-0.25, -0.2) is 9.18 Å². The maximum absolute atomic E-state index is 13.0. The number of amides is 4. The number of carbonyl (C=O) groups is 3. The summed E-state index contributed by atoms with van der Waals surface area (Å²) < 4.78 is 18.2. The lowest BCUT2D eigenvalue weighted by Crippen LogP contribution is -2.53. The van der Waals surface area contributed by atoms with E-state index < -0.39 is 23.7 Å². The van der Waals surface area contributed by atoms with Crippen molar-refractivity contribution in [1.29, 1.82) is 0 Å². The molecule has 1 heterocycles. The van der Waals surface area contributed by atoms with Gasteiger partial charge in [-0.1, -0.05) is 30.3 Å². The van der Waals surface area contributed by atoms with Crippen molar-refractivity contribution in [3.8, 4) is 5.75 Å². The number of para-hydroxylation sites is 1. The summed E-state index contributed by atoms with van der Waals surface area (Å²) in [5.41, 5.74) is 0.904. The Morgan fingerprint density at radius 1 is 1.08 bits per heavy atom. The van der Waals surface area contributed by atoms with Gasteiger partial charge in [0, 0.05) is 5.56 Å². The molecule has 4 amide bonds. The number of nitrogens with one attached hydrogen (secondary N) is 1. The van der Waals surface area contributed by atoms with Gasteiger partial charge in [-0.2, -0.15) is 0 Å². The zero-order valence-electron chi connectivity index (χ0n) is 13.9. The molecule has 1 N–H and O–H groups in total. The minimum absolute atomic E-state index is 0.0819. The summed E-state index contributed by atoms with van der Waals surface area (Å²) in [4.78, 5) is 37.8. The quantitative estimate of drug-likeness (QED) is 0.676. The zero-order chi connectivity index (χ0) is 18.7. The summed E-state index contributed by atoms with van der Waals surface area (Å²) in [6.07, 6.45) is 1.38. The van der Waals surface area contributed by atoms with Crippen LogP contribution in [0.5, 0.6) is 5.75 Å². The summed E-state index contributed by atoms with van der Waals surface area (Å²) in [6, 6.07) is 11.5. The maximum atomic E-state index is 13.0. The van der Waals surface area contributed by atoms with Crippen LogP contribution < -0.4 is 10.1 Å². The molecule has 2 aromatic rings. The van der Waals surface area contributed by atoms with Gasteiger partial charge in [0.25, 0.3) is 11.8 Å². The molecule has 6 nitrogen and oxygen atoms in total. The molecule has 0 radical (unpaired) electrons. The van der Waals surface area contributed by atoms with Crippen LogP contribution in [0.15, 0.2) is 54.1 Å². The maximum Gasteiger partial charge on any atom is 0.331 e. The molecule has 1 fully saturated rings. The number of benzene rings is 2. The Bertz CT molecular complexity index is 906. The van der Waals surface area contributed by atoms with Crippen molar-refractivity contribution in [3.63, 3.8) is 0 Å². The fourth-order valence-electron chi connectivity index (χ4n) is 2.55. The predicted molar refractivity (Wildman–Crippen MR) is 91.5 cm³/mol. The van der Waals surface area contributed by atoms with Crippen LogP contribution in [-0.2, 0) is 16.1 Å². The molecule has 0 aromatic heterocycles. The average Bonchev–Trinajstić information content (AvgIpc) is 2.64. The lowest BCUT2D eigenvalue weighted by molar-refractivity contribution is -0.130. The Labute approximate surface area is 148 Å². The number of nitrogens with zero attached hydrogens (tertiary/aromatic N) is 1. The first kappa shape index (κ1) is 17.3. The van der Waals surface area contributed by atoms with E-state index in [-0.39, 0.29) is 12.1 Å². The number of imide groups is 2. The van der Waals surface area contributed by atoms with Gasteiger partial charge in [0.2, 0.25) is 0 Å². The molecule has 1 aliphatic heterocycles. The molecule has 2 aromatic carbocycles. The minimum atomic E-state index is -0.818. The number of carbonyl (C=O) groups excluding carboxylic acids is 3. The molecule has 0 spiro atoms. The van der Waals surface area contributed by atoms with E-state index in [1.165, 1.54) is 37.5 Å². The topological polar surface area (TPSA) is 75.7 Å². The van der Waals surface area contributed by atoms with E-state index in [1.807, 2.05) is 0 Å². The summed E-state index contributed by atoms with van der Waals surface area (Å²) >= 11 is 0. The van der Waals surface area contributed by atoms with E-state index in [4.69, 9.17) is 4.74 Å². The lowest BCUT2D eigenvalue weighted by Gasteiger charge is -2.26. The van der Waals surface area contributed by atoms with Gasteiger partial charge in [-0.15, -0.1) is 0 Å². The number of barbiturate groups is 1. The molecule has 3 rings (SSSR count). The Kier molecular flexibility index (Phi) is 4.79. The number of ether oxygens (including phenoxy) is 1. The van der Waals surface area contributed by atoms with E-state index in [2.05, 4.69) is 5.32 Å². The van der Waals surface area contributed by atoms with Gasteiger partial charge in [0.05, 0.1) is 13.7 Å². The molecule has 0 aliphatic carbocycles. The van der Waals surface area contributed by atoms with Crippen LogP contribution in [0.1, 0.15) is 11.1 Å². The van der Waals surface area contributed by atoms with Gasteiger partial charge >= 0.3 is 6.03 Å². The van der Waals surface area contributed by atoms with Crippen molar-refractivity contribution in [2.24, 2.45) is 0 Å². The number of rotatable bonds is 4. The monoisotopic (exact) mass is 354 g/mol. The van der Waals surface area contributed by atoms with Crippen LogP contribution in [0.2, 0.25) is 0 Å². The highest BCUT2D eigenvalue weighted by Crippen LogP contribution is 2.23. The molecule has 7 heteroatoms. The first-order chi connectivity index (χ1) is 12.5. The summed E-state index contributed by atoms with van der Waals surface area (Å²) in [6.45, 7) is -0.0819. The third kappa shape index (κ3) is 3.46. The Morgan fingerprint density at radius 2 is 1.77 bits per heavy atom. The second-order valence-electron chi connectivity index (χ2n) is 5.58. The van der Waals surface area contributed by atoms with Gasteiger partial charge in [0.1, 0.15) is 17.1 Å². The second kappa shape index (κ2) is 7.18. The summed E-state index contributed by atoms with van der Waals surface area (Å²) in [7, 11) is 1.48. The Morgan fingerprint density at radius 3 is 2.46 bits per heavy atom. The Hall–Kier alpha value is -3.48. The van der Waals surface area contributed by atoms with Crippen molar-refractivity contribution in [1.82, 2.24) is 10.2 Å². The van der Waals surface area contributed by atoms with Crippen molar-refractivity contribution in [3.05, 3.63) is 71.0 Å². The second-order valence-corrected chi connectivity index (χ2v) is 5.58. The molecule has 1 saturated heterocycles. The molecule has 0 saturated carbocycles.